The average molecular weight is 360 g/mol. The van der Waals surface area contributed by atoms with E-state index >= 15 is 0 Å². The van der Waals surface area contributed by atoms with Crippen LogP contribution in [0.1, 0.15) is 19.8 Å². The molecule has 1 aromatic carbocycles. The summed E-state index contributed by atoms with van der Waals surface area (Å²) in [4.78, 5) is 32.8. The van der Waals surface area contributed by atoms with Crippen molar-refractivity contribution in [1.29, 1.82) is 0 Å². The van der Waals surface area contributed by atoms with Crippen LogP contribution in [0.5, 0.6) is 0 Å². The van der Waals surface area contributed by atoms with Gasteiger partial charge in [-0.2, -0.15) is 0 Å². The fraction of sp³-hybridized carbons (Fsp3) is 0.333. The van der Waals surface area contributed by atoms with Crippen molar-refractivity contribution in [1.82, 2.24) is 5.32 Å². The van der Waals surface area contributed by atoms with Crippen molar-refractivity contribution in [3.05, 3.63) is 32.8 Å². The standard InChI is InChI=1S/C12H14BrN3O5/c1-2-3-9(11(17)18)14-12(19)15-10-6-7(16(20)21)4-5-8(10)13/h4-6,9H,2-3H2,1H3,(H,17,18)(H2,14,15,19). The molecule has 114 valence electrons. The number of aliphatic carboxylic acids is 1. The Balaban J connectivity index is 2.80. The third-order valence-corrected chi connectivity index (χ3v) is 3.28. The van der Waals surface area contributed by atoms with Crippen LogP contribution in [0.15, 0.2) is 22.7 Å². The van der Waals surface area contributed by atoms with Gasteiger partial charge in [-0.1, -0.05) is 13.3 Å². The van der Waals surface area contributed by atoms with Gasteiger partial charge in [0.25, 0.3) is 5.69 Å². The van der Waals surface area contributed by atoms with Crippen molar-refractivity contribution in [3.63, 3.8) is 0 Å². The van der Waals surface area contributed by atoms with Crippen molar-refractivity contribution in [2.75, 3.05) is 5.32 Å². The van der Waals surface area contributed by atoms with Crippen LogP contribution in [-0.4, -0.2) is 28.1 Å². The Kier molecular flexibility index (Phi) is 6.10. The molecule has 1 unspecified atom stereocenters. The third kappa shape index (κ3) is 5.03. The van der Waals surface area contributed by atoms with E-state index in [1.807, 2.05) is 0 Å². The average Bonchev–Trinajstić information content (AvgIpc) is 2.40. The predicted molar refractivity (Wildman–Crippen MR) is 79.3 cm³/mol. The minimum atomic E-state index is -1.13. The van der Waals surface area contributed by atoms with Crippen molar-refractivity contribution >= 4 is 39.3 Å². The second-order valence-electron chi connectivity index (χ2n) is 4.20. The Labute approximate surface area is 128 Å². The summed E-state index contributed by atoms with van der Waals surface area (Å²) in [5.74, 6) is -1.13. The number of nitrogens with zero attached hydrogens (tertiary/aromatic N) is 1. The lowest BCUT2D eigenvalue weighted by molar-refractivity contribution is -0.384. The summed E-state index contributed by atoms with van der Waals surface area (Å²) in [6.07, 6.45) is 0.886. The number of nitro groups is 1. The van der Waals surface area contributed by atoms with Gasteiger partial charge in [-0.25, -0.2) is 9.59 Å². The summed E-state index contributed by atoms with van der Waals surface area (Å²) in [6.45, 7) is 1.80. The predicted octanol–water partition coefficient (Wildman–Crippen LogP) is 2.73. The SMILES string of the molecule is CCCC(NC(=O)Nc1cc([N+](=O)[O-])ccc1Br)C(=O)O. The fourth-order valence-corrected chi connectivity index (χ4v) is 1.93. The molecule has 21 heavy (non-hydrogen) atoms. The highest BCUT2D eigenvalue weighted by atomic mass is 79.9. The van der Waals surface area contributed by atoms with Crippen LogP contribution in [0.4, 0.5) is 16.2 Å². The van der Waals surface area contributed by atoms with Crippen LogP contribution in [-0.2, 0) is 4.79 Å². The van der Waals surface area contributed by atoms with Crippen molar-refractivity contribution < 1.29 is 19.6 Å². The highest BCUT2D eigenvalue weighted by Gasteiger charge is 2.19. The lowest BCUT2D eigenvalue weighted by atomic mass is 10.2. The van der Waals surface area contributed by atoms with E-state index in [0.717, 1.165) is 0 Å². The molecule has 0 radical (unpaired) electrons. The number of nitrogens with one attached hydrogen (secondary N) is 2. The van der Waals surface area contributed by atoms with Crippen molar-refractivity contribution in [2.45, 2.75) is 25.8 Å². The smallest absolute Gasteiger partial charge is 0.326 e. The third-order valence-electron chi connectivity index (χ3n) is 2.59. The van der Waals surface area contributed by atoms with Crippen LogP contribution in [0, 0.1) is 10.1 Å². The Bertz CT molecular complexity index is 564. The molecule has 0 bridgehead atoms. The van der Waals surface area contributed by atoms with Crippen molar-refractivity contribution in [3.8, 4) is 0 Å². The molecule has 0 saturated carbocycles. The summed E-state index contributed by atoms with van der Waals surface area (Å²) in [5, 5.41) is 24.3. The number of hydrogen-bond acceptors (Lipinski definition) is 4. The maximum Gasteiger partial charge on any atom is 0.326 e. The van der Waals surface area contributed by atoms with Crippen LogP contribution < -0.4 is 10.6 Å². The molecule has 1 aromatic rings. The molecule has 8 nitrogen and oxygen atoms in total. The molecule has 0 aliphatic rings. The van der Waals surface area contributed by atoms with E-state index in [9.17, 15) is 19.7 Å². The normalized spacial score (nSPS) is 11.5. The number of rotatable bonds is 6. The first-order valence-corrected chi connectivity index (χ1v) is 6.88. The molecule has 0 fully saturated rings. The first kappa shape index (κ1) is 16.9. The van der Waals surface area contributed by atoms with Gasteiger partial charge in [-0.05, 0) is 28.4 Å². The van der Waals surface area contributed by atoms with Gasteiger partial charge in [0.05, 0.1) is 10.6 Å². The second-order valence-corrected chi connectivity index (χ2v) is 5.05. The highest BCUT2D eigenvalue weighted by molar-refractivity contribution is 9.10. The molecule has 0 saturated heterocycles. The molecule has 0 spiro atoms. The molecule has 1 atom stereocenters. The summed E-state index contributed by atoms with van der Waals surface area (Å²) < 4.78 is 0.450. The number of carboxylic acids is 1. The summed E-state index contributed by atoms with van der Waals surface area (Å²) in [7, 11) is 0. The van der Waals surface area contributed by atoms with E-state index < -0.39 is 23.0 Å². The lowest BCUT2D eigenvalue weighted by Crippen LogP contribution is -2.42. The molecule has 0 heterocycles. The number of hydrogen-bond donors (Lipinski definition) is 3. The number of carbonyl (C=O) groups excluding carboxylic acids is 1. The van der Waals surface area contributed by atoms with Crippen LogP contribution in [0.25, 0.3) is 0 Å². The summed E-state index contributed by atoms with van der Waals surface area (Å²) >= 11 is 3.15. The first-order chi connectivity index (χ1) is 9.85. The zero-order chi connectivity index (χ0) is 16.0. The first-order valence-electron chi connectivity index (χ1n) is 6.09. The summed E-state index contributed by atoms with van der Waals surface area (Å²) in [5.41, 5.74) is -0.000759. The van der Waals surface area contributed by atoms with E-state index in [1.54, 1.807) is 6.92 Å². The number of carbonyl (C=O) groups is 2. The van der Waals surface area contributed by atoms with E-state index in [-0.39, 0.29) is 11.4 Å². The van der Waals surface area contributed by atoms with E-state index in [1.165, 1.54) is 18.2 Å². The number of halogens is 1. The molecule has 0 aromatic heterocycles. The number of amides is 2. The zero-order valence-electron chi connectivity index (χ0n) is 11.1. The number of nitro benzene ring substituents is 1. The Morgan fingerprint density at radius 3 is 2.67 bits per heavy atom. The maximum atomic E-state index is 11.8. The van der Waals surface area contributed by atoms with Gasteiger partial charge in [0, 0.05) is 16.6 Å². The fourth-order valence-electron chi connectivity index (χ4n) is 1.59. The van der Waals surface area contributed by atoms with Gasteiger partial charge in [-0.15, -0.1) is 0 Å². The van der Waals surface area contributed by atoms with Crippen LogP contribution in [0.2, 0.25) is 0 Å². The van der Waals surface area contributed by atoms with Crippen LogP contribution >= 0.6 is 15.9 Å². The number of urea groups is 1. The zero-order valence-corrected chi connectivity index (χ0v) is 12.7. The Morgan fingerprint density at radius 1 is 1.48 bits per heavy atom. The molecule has 3 N–H and O–H groups in total. The maximum absolute atomic E-state index is 11.8. The van der Waals surface area contributed by atoms with Gasteiger partial charge in [-0.3, -0.25) is 10.1 Å². The molecule has 0 aliphatic heterocycles. The Hall–Kier alpha value is -2.16. The minimum absolute atomic E-state index is 0.183. The molecule has 9 heteroatoms. The molecular formula is C12H14BrN3O5. The molecule has 0 aliphatic carbocycles. The van der Waals surface area contributed by atoms with Gasteiger partial charge < -0.3 is 15.7 Å². The van der Waals surface area contributed by atoms with E-state index in [4.69, 9.17) is 5.11 Å². The topological polar surface area (TPSA) is 122 Å². The number of benzene rings is 1. The molecule has 2 amide bonds. The number of non-ortho nitro benzene ring substituents is 1. The van der Waals surface area contributed by atoms with E-state index in [2.05, 4.69) is 26.6 Å². The van der Waals surface area contributed by atoms with Gasteiger partial charge in [0.1, 0.15) is 6.04 Å². The van der Waals surface area contributed by atoms with Gasteiger partial charge in [0.15, 0.2) is 0 Å². The minimum Gasteiger partial charge on any atom is -0.480 e. The van der Waals surface area contributed by atoms with Gasteiger partial charge in [0.2, 0.25) is 0 Å². The van der Waals surface area contributed by atoms with E-state index in [0.29, 0.717) is 17.3 Å². The largest absolute Gasteiger partial charge is 0.480 e. The number of anilines is 1. The monoisotopic (exact) mass is 359 g/mol. The number of carboxylic acid groups (broad SMARTS) is 1. The van der Waals surface area contributed by atoms with Crippen molar-refractivity contribution in [2.24, 2.45) is 0 Å². The molecular weight excluding hydrogens is 346 g/mol. The Morgan fingerprint density at radius 2 is 2.14 bits per heavy atom. The van der Waals surface area contributed by atoms with Gasteiger partial charge >= 0.3 is 12.0 Å². The second kappa shape index (κ2) is 7.58. The lowest BCUT2D eigenvalue weighted by Gasteiger charge is -2.14. The summed E-state index contributed by atoms with van der Waals surface area (Å²) in [6, 6.07) is 2.14. The quantitative estimate of drug-likeness (QED) is 0.532. The molecule has 1 rings (SSSR count). The van der Waals surface area contributed by atoms with Crippen LogP contribution in [0.3, 0.4) is 0 Å². The highest BCUT2D eigenvalue weighted by Crippen LogP contribution is 2.27.